The molecule has 2 N–H and O–H groups in total. The Kier molecular flexibility index (Phi) is 5.39. The number of piperazine rings is 1. The van der Waals surface area contributed by atoms with E-state index in [1.165, 1.54) is 6.07 Å². The van der Waals surface area contributed by atoms with Crippen LogP contribution < -0.4 is 5.32 Å². The molecule has 0 saturated carbocycles. The first-order valence-corrected chi connectivity index (χ1v) is 7.74. The minimum absolute atomic E-state index is 0.00196. The molecule has 1 aromatic carbocycles. The molecule has 0 radical (unpaired) electrons. The van der Waals surface area contributed by atoms with Gasteiger partial charge in [-0.05, 0) is 11.6 Å². The standard InChI is InChI=1S/C15H22ClN3O3/c1-15(2,10-20)14(18-7-5-17-6-8-18)11-3-4-12(16)13(9-11)19(21)22/h3-4,9,14,17,20H,5-8,10H2,1-2H3/t14-/m1/s1. The average molecular weight is 328 g/mol. The summed E-state index contributed by atoms with van der Waals surface area (Å²) in [7, 11) is 0. The largest absolute Gasteiger partial charge is 0.396 e. The molecule has 1 aliphatic heterocycles. The van der Waals surface area contributed by atoms with E-state index in [9.17, 15) is 15.2 Å². The van der Waals surface area contributed by atoms with E-state index in [1.807, 2.05) is 19.9 Å². The van der Waals surface area contributed by atoms with Crippen LogP contribution in [0.2, 0.25) is 5.02 Å². The van der Waals surface area contributed by atoms with Crippen LogP contribution in [0, 0.1) is 15.5 Å². The summed E-state index contributed by atoms with van der Waals surface area (Å²) in [5.41, 5.74) is 0.309. The number of nitrogens with one attached hydrogen (secondary N) is 1. The average Bonchev–Trinajstić information content (AvgIpc) is 2.50. The summed E-state index contributed by atoms with van der Waals surface area (Å²) in [4.78, 5) is 12.9. The third-order valence-electron chi connectivity index (χ3n) is 4.15. The predicted molar refractivity (Wildman–Crippen MR) is 86.2 cm³/mol. The van der Waals surface area contributed by atoms with Gasteiger partial charge in [0.2, 0.25) is 0 Å². The maximum absolute atomic E-state index is 11.1. The van der Waals surface area contributed by atoms with E-state index in [-0.39, 0.29) is 23.4 Å². The maximum Gasteiger partial charge on any atom is 0.288 e. The van der Waals surface area contributed by atoms with Crippen molar-refractivity contribution >= 4 is 17.3 Å². The molecule has 1 fully saturated rings. The van der Waals surface area contributed by atoms with Gasteiger partial charge in [0.25, 0.3) is 5.69 Å². The molecule has 22 heavy (non-hydrogen) atoms. The lowest BCUT2D eigenvalue weighted by Gasteiger charge is -2.43. The summed E-state index contributed by atoms with van der Waals surface area (Å²) in [6.45, 7) is 7.36. The number of hydrogen-bond acceptors (Lipinski definition) is 5. The Morgan fingerprint density at radius 2 is 2.09 bits per heavy atom. The van der Waals surface area contributed by atoms with Gasteiger partial charge in [-0.3, -0.25) is 15.0 Å². The normalized spacial score (nSPS) is 18.2. The topological polar surface area (TPSA) is 78.6 Å². The van der Waals surface area contributed by atoms with Gasteiger partial charge in [0, 0.05) is 50.3 Å². The van der Waals surface area contributed by atoms with E-state index in [0.29, 0.717) is 0 Å². The number of hydrogen-bond donors (Lipinski definition) is 2. The van der Waals surface area contributed by atoms with E-state index in [0.717, 1.165) is 31.7 Å². The summed E-state index contributed by atoms with van der Waals surface area (Å²) < 4.78 is 0. The van der Waals surface area contributed by atoms with E-state index in [1.54, 1.807) is 6.07 Å². The van der Waals surface area contributed by atoms with Crippen molar-refractivity contribution < 1.29 is 10.0 Å². The van der Waals surface area contributed by atoms with E-state index in [4.69, 9.17) is 11.6 Å². The summed E-state index contributed by atoms with van der Waals surface area (Å²) in [5.74, 6) is 0. The SMILES string of the molecule is CC(C)(CO)[C@@H](c1ccc(Cl)c([N+](=O)[O-])c1)N1CCNCC1. The van der Waals surface area contributed by atoms with Gasteiger partial charge in [-0.2, -0.15) is 0 Å². The monoisotopic (exact) mass is 327 g/mol. The van der Waals surface area contributed by atoms with Crippen LogP contribution in [0.1, 0.15) is 25.5 Å². The smallest absolute Gasteiger partial charge is 0.288 e. The van der Waals surface area contributed by atoms with Gasteiger partial charge in [-0.15, -0.1) is 0 Å². The van der Waals surface area contributed by atoms with Gasteiger partial charge in [-0.1, -0.05) is 31.5 Å². The van der Waals surface area contributed by atoms with Crippen LogP contribution in [0.25, 0.3) is 0 Å². The van der Waals surface area contributed by atoms with Crippen molar-refractivity contribution in [2.24, 2.45) is 5.41 Å². The quantitative estimate of drug-likeness (QED) is 0.640. The van der Waals surface area contributed by atoms with Gasteiger partial charge in [0.1, 0.15) is 5.02 Å². The minimum Gasteiger partial charge on any atom is -0.396 e. The van der Waals surface area contributed by atoms with Crippen molar-refractivity contribution in [1.29, 1.82) is 0 Å². The van der Waals surface area contributed by atoms with Gasteiger partial charge in [0.05, 0.1) is 4.92 Å². The molecule has 0 aromatic heterocycles. The number of nitro groups is 1. The molecule has 1 aliphatic rings. The fraction of sp³-hybridized carbons (Fsp3) is 0.600. The maximum atomic E-state index is 11.1. The second-order valence-corrected chi connectivity index (χ2v) is 6.71. The first kappa shape index (κ1) is 17.1. The third-order valence-corrected chi connectivity index (χ3v) is 4.47. The molecular weight excluding hydrogens is 306 g/mol. The highest BCUT2D eigenvalue weighted by Gasteiger charge is 2.36. The molecule has 6 nitrogen and oxygen atoms in total. The van der Waals surface area contributed by atoms with Crippen molar-refractivity contribution in [3.8, 4) is 0 Å². The van der Waals surface area contributed by atoms with Crippen molar-refractivity contribution in [1.82, 2.24) is 10.2 Å². The van der Waals surface area contributed by atoms with Crippen LogP contribution in [0.5, 0.6) is 0 Å². The zero-order chi connectivity index (χ0) is 16.3. The van der Waals surface area contributed by atoms with Gasteiger partial charge >= 0.3 is 0 Å². The number of aliphatic hydroxyl groups is 1. The van der Waals surface area contributed by atoms with Crippen molar-refractivity contribution in [3.05, 3.63) is 38.9 Å². The fourth-order valence-corrected chi connectivity index (χ4v) is 3.21. The van der Waals surface area contributed by atoms with Crippen LogP contribution >= 0.6 is 11.6 Å². The number of rotatable bonds is 5. The number of nitro benzene ring substituents is 1. The number of aliphatic hydroxyl groups excluding tert-OH is 1. The highest BCUT2D eigenvalue weighted by atomic mass is 35.5. The molecular formula is C15H22ClN3O3. The second-order valence-electron chi connectivity index (χ2n) is 6.30. The van der Waals surface area contributed by atoms with Crippen LogP contribution in [0.3, 0.4) is 0 Å². The second kappa shape index (κ2) is 6.91. The van der Waals surface area contributed by atoms with Gasteiger partial charge < -0.3 is 10.4 Å². The van der Waals surface area contributed by atoms with Gasteiger partial charge in [-0.25, -0.2) is 0 Å². The molecule has 1 saturated heterocycles. The zero-order valence-electron chi connectivity index (χ0n) is 12.9. The Hall–Kier alpha value is -1.21. The summed E-state index contributed by atoms with van der Waals surface area (Å²) >= 11 is 5.92. The lowest BCUT2D eigenvalue weighted by molar-refractivity contribution is -0.384. The third kappa shape index (κ3) is 3.57. The zero-order valence-corrected chi connectivity index (χ0v) is 13.6. The van der Waals surface area contributed by atoms with Crippen LogP contribution in [0.4, 0.5) is 5.69 Å². The molecule has 7 heteroatoms. The Morgan fingerprint density at radius 1 is 1.45 bits per heavy atom. The molecule has 1 atom stereocenters. The van der Waals surface area contributed by atoms with E-state index in [2.05, 4.69) is 10.2 Å². The Morgan fingerprint density at radius 3 is 2.64 bits per heavy atom. The van der Waals surface area contributed by atoms with Crippen LogP contribution in [-0.2, 0) is 0 Å². The molecule has 122 valence electrons. The fourth-order valence-electron chi connectivity index (χ4n) is 3.02. The minimum atomic E-state index is -0.466. The van der Waals surface area contributed by atoms with Crippen molar-refractivity contribution in [2.45, 2.75) is 19.9 Å². The molecule has 2 rings (SSSR count). The van der Waals surface area contributed by atoms with E-state index >= 15 is 0 Å². The van der Waals surface area contributed by atoms with Crippen LogP contribution in [0.15, 0.2) is 18.2 Å². The predicted octanol–water partition coefficient (Wildman–Crippen LogP) is 2.21. The van der Waals surface area contributed by atoms with Gasteiger partial charge in [0.15, 0.2) is 0 Å². The first-order chi connectivity index (χ1) is 10.4. The molecule has 0 aliphatic carbocycles. The molecule has 0 spiro atoms. The first-order valence-electron chi connectivity index (χ1n) is 7.36. The van der Waals surface area contributed by atoms with Crippen molar-refractivity contribution in [3.63, 3.8) is 0 Å². The highest BCUT2D eigenvalue weighted by molar-refractivity contribution is 6.32. The van der Waals surface area contributed by atoms with Crippen molar-refractivity contribution in [2.75, 3.05) is 32.8 Å². The molecule has 0 amide bonds. The highest BCUT2D eigenvalue weighted by Crippen LogP contribution is 2.40. The lowest BCUT2D eigenvalue weighted by atomic mass is 9.79. The summed E-state index contributed by atoms with van der Waals surface area (Å²) in [6.07, 6.45) is 0. The Balaban J connectivity index is 2.44. The molecule has 0 unspecified atom stereocenters. The lowest BCUT2D eigenvalue weighted by Crippen LogP contribution is -2.49. The van der Waals surface area contributed by atoms with E-state index < -0.39 is 10.3 Å². The number of halogens is 1. The summed E-state index contributed by atoms with van der Waals surface area (Å²) in [6, 6.07) is 4.82. The molecule has 0 bridgehead atoms. The Bertz CT molecular complexity index is 545. The van der Waals surface area contributed by atoms with Crippen LogP contribution in [-0.4, -0.2) is 47.7 Å². The molecule has 1 aromatic rings. The Labute approximate surface area is 135 Å². The summed E-state index contributed by atoms with van der Waals surface area (Å²) in [5, 5.41) is 24.4. The number of nitrogens with zero attached hydrogens (tertiary/aromatic N) is 2. The number of benzene rings is 1. The molecule has 1 heterocycles.